The number of aryl methyl sites for hydroxylation is 2. The molecule has 2 heterocycles. The van der Waals surface area contributed by atoms with Crippen LogP contribution in [0.25, 0.3) is 11.5 Å². The Morgan fingerprint density at radius 3 is 2.74 bits per heavy atom. The van der Waals surface area contributed by atoms with Gasteiger partial charge in [0.05, 0.1) is 18.8 Å². The molecule has 7 nitrogen and oxygen atoms in total. The number of aliphatic hydroxyl groups is 1. The fourth-order valence-corrected chi connectivity index (χ4v) is 5.10. The van der Waals surface area contributed by atoms with E-state index in [1.807, 2.05) is 38.1 Å². The molecule has 0 bridgehead atoms. The van der Waals surface area contributed by atoms with Crippen LogP contribution in [0.2, 0.25) is 0 Å². The molecule has 1 aromatic carbocycles. The lowest BCUT2D eigenvalue weighted by atomic mass is 9.83. The number of carbonyl (C=O) groups excluding carboxylic acids is 2. The van der Waals surface area contributed by atoms with Crippen molar-refractivity contribution in [2.45, 2.75) is 70.0 Å². The zero-order valence-corrected chi connectivity index (χ0v) is 18.6. The fraction of sp³-hybridized carbons (Fsp3) is 0.522. The van der Waals surface area contributed by atoms with E-state index in [0.29, 0.717) is 18.9 Å². The molecule has 2 amide bonds. The summed E-state index contributed by atoms with van der Waals surface area (Å²) in [4.78, 5) is 27.8. The maximum Gasteiger partial charge on any atom is 0.286 e. The first-order valence-corrected chi connectivity index (χ1v) is 11.6. The minimum Gasteiger partial charge on any atom is -0.441 e. The number of nitrogens with one attached hydrogen (secondary N) is 1. The second-order valence-corrected chi connectivity index (χ2v) is 9.59. The number of thioether (sulfide) groups is 1. The summed E-state index contributed by atoms with van der Waals surface area (Å²) in [5.41, 5.74) is 2.93. The number of ether oxygens (including phenoxy) is 1. The fourth-order valence-electron chi connectivity index (χ4n) is 4.27. The van der Waals surface area contributed by atoms with E-state index in [2.05, 4.69) is 10.3 Å². The van der Waals surface area contributed by atoms with Gasteiger partial charge in [-0.25, -0.2) is 4.98 Å². The van der Waals surface area contributed by atoms with Gasteiger partial charge >= 0.3 is 0 Å². The van der Waals surface area contributed by atoms with Crippen LogP contribution in [0.1, 0.15) is 49.1 Å². The van der Waals surface area contributed by atoms with Gasteiger partial charge in [-0.1, -0.05) is 30.5 Å². The topological polar surface area (TPSA) is 102 Å². The molecule has 1 aromatic heterocycles. The Hall–Kier alpha value is -2.16. The third-order valence-corrected chi connectivity index (χ3v) is 7.12. The molecular weight excluding hydrogens is 416 g/mol. The molecule has 2 aliphatic rings. The van der Waals surface area contributed by atoms with Crippen molar-refractivity contribution in [1.82, 2.24) is 10.3 Å². The highest BCUT2D eigenvalue weighted by Crippen LogP contribution is 2.33. The highest BCUT2D eigenvalue weighted by Gasteiger charge is 2.38. The first-order chi connectivity index (χ1) is 14.9. The average molecular weight is 445 g/mol. The van der Waals surface area contributed by atoms with Crippen molar-refractivity contribution in [2.24, 2.45) is 5.92 Å². The minimum absolute atomic E-state index is 0.0802. The van der Waals surface area contributed by atoms with Crippen LogP contribution in [0.15, 0.2) is 28.7 Å². The number of amides is 2. The zero-order valence-electron chi connectivity index (χ0n) is 17.8. The summed E-state index contributed by atoms with van der Waals surface area (Å²) in [5.74, 6) is 1.23. The van der Waals surface area contributed by atoms with Crippen LogP contribution < -0.4 is 5.32 Å². The molecule has 4 rings (SSSR count). The highest BCUT2D eigenvalue weighted by molar-refractivity contribution is 8.15. The maximum atomic E-state index is 11.8. The second-order valence-electron chi connectivity index (χ2n) is 8.47. The smallest absolute Gasteiger partial charge is 0.286 e. The van der Waals surface area contributed by atoms with Gasteiger partial charge in [0.2, 0.25) is 11.8 Å². The van der Waals surface area contributed by atoms with Crippen LogP contribution in [0.3, 0.4) is 0 Å². The Kier molecular flexibility index (Phi) is 6.79. The molecule has 2 unspecified atom stereocenters. The SMILES string of the molecule is Cc1ccc(-c2nc(CO[C@@H]3CCC[C@H](CC(O)C4SC(=O)NC4=O)C3)c(C)o2)cc1. The Labute approximate surface area is 186 Å². The van der Waals surface area contributed by atoms with Crippen molar-refractivity contribution in [2.75, 3.05) is 0 Å². The van der Waals surface area contributed by atoms with E-state index in [4.69, 9.17) is 9.15 Å². The predicted octanol–water partition coefficient (Wildman–Crippen LogP) is 4.14. The first kappa shape index (κ1) is 22.0. The van der Waals surface area contributed by atoms with E-state index in [0.717, 1.165) is 54.5 Å². The summed E-state index contributed by atoms with van der Waals surface area (Å²) in [7, 11) is 0. The highest BCUT2D eigenvalue weighted by atomic mass is 32.2. The van der Waals surface area contributed by atoms with Crippen LogP contribution in [0.5, 0.6) is 0 Å². The molecule has 2 N–H and O–H groups in total. The standard InChI is InChI=1S/C23H28N2O5S/c1-13-6-8-16(9-7-13)22-24-18(14(2)30-22)12-29-17-5-3-4-15(10-17)11-19(26)20-21(27)25-23(28)31-20/h6-9,15,17,19-20,26H,3-5,10-12H2,1-2H3,(H,25,27,28)/t15-,17+,19?,20?/m0/s1. The Bertz CT molecular complexity index is 942. The van der Waals surface area contributed by atoms with Crippen LogP contribution >= 0.6 is 11.8 Å². The molecule has 1 saturated heterocycles. The monoisotopic (exact) mass is 444 g/mol. The van der Waals surface area contributed by atoms with E-state index in [9.17, 15) is 14.7 Å². The summed E-state index contributed by atoms with van der Waals surface area (Å²) in [6.07, 6.45) is 3.55. The predicted molar refractivity (Wildman–Crippen MR) is 117 cm³/mol. The lowest BCUT2D eigenvalue weighted by Crippen LogP contribution is -2.35. The number of nitrogens with zero attached hydrogens (tertiary/aromatic N) is 1. The molecule has 2 fully saturated rings. The number of rotatable bonds is 7. The summed E-state index contributed by atoms with van der Waals surface area (Å²) in [5, 5.41) is 11.6. The molecule has 2 aromatic rings. The second kappa shape index (κ2) is 9.54. The molecule has 8 heteroatoms. The summed E-state index contributed by atoms with van der Waals surface area (Å²) < 4.78 is 12.0. The lowest BCUT2D eigenvalue weighted by Gasteiger charge is -2.31. The Balaban J connectivity index is 1.30. The van der Waals surface area contributed by atoms with Crippen molar-refractivity contribution in [3.8, 4) is 11.5 Å². The summed E-state index contributed by atoms with van der Waals surface area (Å²) in [6, 6.07) is 8.06. The molecule has 0 radical (unpaired) electrons. The van der Waals surface area contributed by atoms with Crippen LogP contribution in [0.4, 0.5) is 4.79 Å². The molecule has 4 atom stereocenters. The van der Waals surface area contributed by atoms with Gasteiger partial charge in [0.15, 0.2) is 0 Å². The lowest BCUT2D eigenvalue weighted by molar-refractivity contribution is -0.120. The van der Waals surface area contributed by atoms with Crippen molar-refractivity contribution in [1.29, 1.82) is 0 Å². The summed E-state index contributed by atoms with van der Waals surface area (Å²) in [6.45, 7) is 4.33. The molecule has 1 aliphatic heterocycles. The Morgan fingerprint density at radius 1 is 1.26 bits per heavy atom. The van der Waals surface area contributed by atoms with Gasteiger partial charge in [-0.15, -0.1) is 0 Å². The van der Waals surface area contributed by atoms with Gasteiger partial charge in [-0.05, 0) is 62.9 Å². The van der Waals surface area contributed by atoms with Crippen molar-refractivity contribution >= 4 is 22.9 Å². The van der Waals surface area contributed by atoms with Crippen molar-refractivity contribution in [3.05, 3.63) is 41.3 Å². The van der Waals surface area contributed by atoms with E-state index in [1.54, 1.807) is 0 Å². The van der Waals surface area contributed by atoms with E-state index in [1.165, 1.54) is 5.56 Å². The van der Waals surface area contributed by atoms with Crippen LogP contribution in [0, 0.1) is 19.8 Å². The number of imide groups is 1. The number of benzene rings is 1. The van der Waals surface area contributed by atoms with Crippen molar-refractivity contribution in [3.63, 3.8) is 0 Å². The van der Waals surface area contributed by atoms with Gasteiger partial charge in [0, 0.05) is 5.56 Å². The van der Waals surface area contributed by atoms with Gasteiger partial charge in [-0.3, -0.25) is 14.9 Å². The van der Waals surface area contributed by atoms with E-state index < -0.39 is 17.3 Å². The normalized spacial score (nSPS) is 24.9. The van der Waals surface area contributed by atoms with Crippen LogP contribution in [-0.4, -0.2) is 38.7 Å². The van der Waals surface area contributed by atoms with E-state index >= 15 is 0 Å². The average Bonchev–Trinajstić information content (AvgIpc) is 3.28. The zero-order chi connectivity index (χ0) is 22.0. The Morgan fingerprint density at radius 2 is 2.03 bits per heavy atom. The number of hydrogen-bond acceptors (Lipinski definition) is 7. The summed E-state index contributed by atoms with van der Waals surface area (Å²) >= 11 is 0.882. The molecule has 31 heavy (non-hydrogen) atoms. The molecular formula is C23H28N2O5S. The number of carbonyl (C=O) groups is 2. The third kappa shape index (κ3) is 5.37. The van der Waals surface area contributed by atoms with Gasteiger partial charge in [0.25, 0.3) is 5.24 Å². The first-order valence-electron chi connectivity index (χ1n) is 10.7. The molecule has 166 valence electrons. The van der Waals surface area contributed by atoms with Crippen molar-refractivity contribution < 1.29 is 23.8 Å². The molecule has 0 spiro atoms. The van der Waals surface area contributed by atoms with E-state index in [-0.39, 0.29) is 17.3 Å². The van der Waals surface area contributed by atoms with Crippen LogP contribution in [-0.2, 0) is 16.1 Å². The van der Waals surface area contributed by atoms with Gasteiger partial charge in [-0.2, -0.15) is 0 Å². The van der Waals surface area contributed by atoms with Gasteiger partial charge in [0.1, 0.15) is 16.7 Å². The number of aliphatic hydroxyl groups excluding tert-OH is 1. The van der Waals surface area contributed by atoms with Gasteiger partial charge < -0.3 is 14.3 Å². The minimum atomic E-state index is -0.824. The molecule has 1 aliphatic carbocycles. The maximum absolute atomic E-state index is 11.8. The quantitative estimate of drug-likeness (QED) is 0.662. The largest absolute Gasteiger partial charge is 0.441 e. The number of oxazole rings is 1. The third-order valence-electron chi connectivity index (χ3n) is 6.02. The molecule has 1 saturated carbocycles. The number of aromatic nitrogens is 1. The number of hydrogen-bond donors (Lipinski definition) is 2.